The van der Waals surface area contributed by atoms with E-state index in [9.17, 15) is 4.79 Å². The molecule has 0 amide bonds. The molecule has 0 spiro atoms. The number of aryl methyl sites for hydroxylation is 1. The summed E-state index contributed by atoms with van der Waals surface area (Å²) in [6.45, 7) is 5.03. The van der Waals surface area contributed by atoms with E-state index in [4.69, 9.17) is 9.72 Å². The molecule has 180 valence electrons. The molecule has 0 fully saturated rings. The van der Waals surface area contributed by atoms with Crippen LogP contribution in [0.3, 0.4) is 0 Å². The van der Waals surface area contributed by atoms with Gasteiger partial charge in [0.15, 0.2) is 0 Å². The summed E-state index contributed by atoms with van der Waals surface area (Å²) in [5.74, 6) is 1.48. The minimum absolute atomic E-state index is 0.0717. The highest BCUT2D eigenvalue weighted by Gasteiger charge is 2.11. The molecule has 0 atom stereocenters. The molecule has 0 bridgehead atoms. The Labute approximate surface area is 207 Å². The topological polar surface area (TPSA) is 44.1 Å². The minimum Gasteiger partial charge on any atom is -0.494 e. The van der Waals surface area contributed by atoms with Crippen LogP contribution in [-0.4, -0.2) is 16.2 Å². The average Bonchev–Trinajstić information content (AvgIpc) is 2.88. The first-order chi connectivity index (χ1) is 17.2. The van der Waals surface area contributed by atoms with Gasteiger partial charge in [0.1, 0.15) is 11.6 Å². The van der Waals surface area contributed by atoms with Crippen molar-refractivity contribution in [2.45, 2.75) is 52.4 Å². The fourth-order valence-corrected chi connectivity index (χ4v) is 4.12. The van der Waals surface area contributed by atoms with Gasteiger partial charge < -0.3 is 4.74 Å². The fourth-order valence-electron chi connectivity index (χ4n) is 4.12. The smallest absolute Gasteiger partial charge is 0.266 e. The molecule has 1 heterocycles. The van der Waals surface area contributed by atoms with E-state index in [-0.39, 0.29) is 5.56 Å². The van der Waals surface area contributed by atoms with Gasteiger partial charge in [-0.1, -0.05) is 87.1 Å². The molecule has 35 heavy (non-hydrogen) atoms. The van der Waals surface area contributed by atoms with E-state index in [1.54, 1.807) is 4.57 Å². The lowest BCUT2D eigenvalue weighted by Gasteiger charge is -2.12. The number of ether oxygens (including phenoxy) is 1. The summed E-state index contributed by atoms with van der Waals surface area (Å²) in [4.78, 5) is 18.2. The Morgan fingerprint density at radius 1 is 0.829 bits per heavy atom. The molecule has 1 aromatic heterocycles. The van der Waals surface area contributed by atoms with Gasteiger partial charge in [0.05, 0.1) is 23.2 Å². The summed E-state index contributed by atoms with van der Waals surface area (Å²) in [5.41, 5.74) is 3.59. The van der Waals surface area contributed by atoms with Gasteiger partial charge >= 0.3 is 0 Å². The third kappa shape index (κ3) is 6.48. The maximum atomic E-state index is 13.4. The number of fused-ring (bicyclic) bond motifs is 1. The van der Waals surface area contributed by atoms with Crippen LogP contribution in [0.4, 0.5) is 0 Å². The van der Waals surface area contributed by atoms with Gasteiger partial charge in [0.2, 0.25) is 0 Å². The van der Waals surface area contributed by atoms with Crippen molar-refractivity contribution in [3.8, 4) is 11.4 Å². The van der Waals surface area contributed by atoms with Crippen molar-refractivity contribution in [3.63, 3.8) is 0 Å². The second kappa shape index (κ2) is 12.2. The molecule has 0 saturated heterocycles. The number of para-hydroxylation sites is 1. The van der Waals surface area contributed by atoms with Crippen LogP contribution >= 0.6 is 0 Å². The van der Waals surface area contributed by atoms with Crippen LogP contribution in [0.15, 0.2) is 77.6 Å². The molecule has 0 N–H and O–H groups in total. The second-order valence-corrected chi connectivity index (χ2v) is 8.98. The van der Waals surface area contributed by atoms with Crippen molar-refractivity contribution in [2.24, 2.45) is 0 Å². The second-order valence-electron chi connectivity index (χ2n) is 8.98. The zero-order valence-corrected chi connectivity index (χ0v) is 20.7. The van der Waals surface area contributed by atoms with E-state index in [1.807, 2.05) is 91.9 Å². The lowest BCUT2D eigenvalue weighted by atomic mass is 10.1. The van der Waals surface area contributed by atoms with Crippen molar-refractivity contribution < 1.29 is 4.74 Å². The summed E-state index contributed by atoms with van der Waals surface area (Å²) in [5, 5.41) is 0.608. The Balaban J connectivity index is 1.50. The van der Waals surface area contributed by atoms with Crippen LogP contribution in [0.1, 0.15) is 62.4 Å². The lowest BCUT2D eigenvalue weighted by Crippen LogP contribution is -2.22. The zero-order chi connectivity index (χ0) is 24.5. The first-order valence-corrected chi connectivity index (χ1v) is 12.7. The predicted molar refractivity (Wildman–Crippen MR) is 146 cm³/mol. The van der Waals surface area contributed by atoms with E-state index in [2.05, 4.69) is 6.92 Å². The molecule has 4 heteroatoms. The zero-order valence-electron chi connectivity index (χ0n) is 20.7. The van der Waals surface area contributed by atoms with E-state index in [1.165, 1.54) is 32.1 Å². The van der Waals surface area contributed by atoms with Gasteiger partial charge in [0, 0.05) is 0 Å². The fraction of sp³-hybridized carbons (Fsp3) is 0.290. The van der Waals surface area contributed by atoms with Crippen LogP contribution in [0.5, 0.6) is 5.75 Å². The molecular formula is C31H34N2O2. The Morgan fingerprint density at radius 3 is 2.31 bits per heavy atom. The maximum Gasteiger partial charge on any atom is 0.266 e. The molecule has 4 rings (SSSR count). The summed E-state index contributed by atoms with van der Waals surface area (Å²) in [6.07, 6.45) is 11.4. The van der Waals surface area contributed by atoms with Gasteiger partial charge in [-0.3, -0.25) is 9.36 Å². The van der Waals surface area contributed by atoms with Crippen molar-refractivity contribution in [3.05, 3.63) is 100 Å². The van der Waals surface area contributed by atoms with Crippen LogP contribution < -0.4 is 10.3 Å². The number of hydrogen-bond donors (Lipinski definition) is 0. The van der Waals surface area contributed by atoms with E-state index >= 15 is 0 Å². The number of benzene rings is 3. The normalized spacial score (nSPS) is 11.4. The Bertz CT molecular complexity index is 1320. The first-order valence-electron chi connectivity index (χ1n) is 12.7. The highest BCUT2D eigenvalue weighted by atomic mass is 16.5. The van der Waals surface area contributed by atoms with Gasteiger partial charge in [-0.2, -0.15) is 0 Å². The summed E-state index contributed by atoms with van der Waals surface area (Å²) in [6, 6.07) is 23.5. The average molecular weight is 467 g/mol. The number of unbranched alkanes of at least 4 members (excludes halogenated alkanes) is 5. The number of aromatic nitrogens is 2. The molecule has 0 saturated carbocycles. The molecular weight excluding hydrogens is 432 g/mol. The van der Waals surface area contributed by atoms with Crippen molar-refractivity contribution >= 4 is 23.1 Å². The molecule has 4 aromatic rings. The lowest BCUT2D eigenvalue weighted by molar-refractivity contribution is 0.304. The maximum absolute atomic E-state index is 13.4. The first kappa shape index (κ1) is 24.5. The largest absolute Gasteiger partial charge is 0.494 e. The van der Waals surface area contributed by atoms with E-state index in [0.29, 0.717) is 16.7 Å². The van der Waals surface area contributed by atoms with E-state index in [0.717, 1.165) is 35.6 Å². The van der Waals surface area contributed by atoms with Crippen LogP contribution in [0.2, 0.25) is 0 Å². The van der Waals surface area contributed by atoms with Crippen molar-refractivity contribution in [2.75, 3.05) is 6.61 Å². The quantitative estimate of drug-likeness (QED) is 0.214. The molecule has 3 aromatic carbocycles. The molecule has 0 aliphatic rings. The third-order valence-electron chi connectivity index (χ3n) is 6.17. The Morgan fingerprint density at radius 2 is 1.54 bits per heavy atom. The summed E-state index contributed by atoms with van der Waals surface area (Å²) >= 11 is 0. The van der Waals surface area contributed by atoms with Crippen molar-refractivity contribution in [1.29, 1.82) is 0 Å². The van der Waals surface area contributed by atoms with Crippen LogP contribution in [0, 0.1) is 6.92 Å². The molecule has 0 radical (unpaired) electrons. The monoisotopic (exact) mass is 466 g/mol. The molecule has 0 aliphatic carbocycles. The predicted octanol–water partition coefficient (Wildman–Crippen LogP) is 7.60. The highest BCUT2D eigenvalue weighted by molar-refractivity contribution is 5.80. The van der Waals surface area contributed by atoms with Crippen molar-refractivity contribution in [1.82, 2.24) is 9.55 Å². The van der Waals surface area contributed by atoms with Gasteiger partial charge in [0.25, 0.3) is 5.56 Å². The third-order valence-corrected chi connectivity index (χ3v) is 6.17. The van der Waals surface area contributed by atoms with Gasteiger partial charge in [-0.15, -0.1) is 0 Å². The summed E-state index contributed by atoms with van der Waals surface area (Å²) in [7, 11) is 0. The molecule has 4 nitrogen and oxygen atoms in total. The Hall–Kier alpha value is -3.66. The molecule has 0 unspecified atom stereocenters. The van der Waals surface area contributed by atoms with Gasteiger partial charge in [-0.25, -0.2) is 4.98 Å². The standard InChI is InChI=1S/C31H34N2O2/c1-3-4-5-6-7-10-23-35-27-20-15-25(16-21-27)17-22-30-32-29-12-9-8-11-28(29)31(34)33(30)26-18-13-24(2)14-19-26/h8-9,11-22H,3-7,10,23H2,1-2H3. The molecule has 0 aliphatic heterocycles. The van der Waals surface area contributed by atoms with Crippen LogP contribution in [0.25, 0.3) is 28.7 Å². The number of rotatable bonds is 11. The minimum atomic E-state index is -0.0717. The SMILES string of the molecule is CCCCCCCCOc1ccc(C=Cc2nc3ccccc3c(=O)n2-c2ccc(C)cc2)cc1. The van der Waals surface area contributed by atoms with E-state index < -0.39 is 0 Å². The summed E-state index contributed by atoms with van der Waals surface area (Å²) < 4.78 is 7.58. The number of nitrogens with zero attached hydrogens (tertiary/aromatic N) is 2. The highest BCUT2D eigenvalue weighted by Crippen LogP contribution is 2.18. The van der Waals surface area contributed by atoms with Gasteiger partial charge in [-0.05, 0) is 61.4 Å². The Kier molecular flexibility index (Phi) is 8.50. The number of hydrogen-bond acceptors (Lipinski definition) is 3. The van der Waals surface area contributed by atoms with Crippen LogP contribution in [-0.2, 0) is 0 Å².